The van der Waals surface area contributed by atoms with Crippen LogP contribution in [0.5, 0.6) is 0 Å². The van der Waals surface area contributed by atoms with Gasteiger partial charge in [0.15, 0.2) is 6.23 Å². The fourth-order valence-corrected chi connectivity index (χ4v) is 4.40. The summed E-state index contributed by atoms with van der Waals surface area (Å²) in [7, 11) is 0. The number of benzene rings is 1. The molecule has 0 unspecified atom stereocenters. The van der Waals surface area contributed by atoms with Gasteiger partial charge in [0.2, 0.25) is 5.91 Å². The van der Waals surface area contributed by atoms with E-state index in [1.807, 2.05) is 30.3 Å². The van der Waals surface area contributed by atoms with Crippen LogP contribution < -0.4 is 5.32 Å². The minimum atomic E-state index is -0.311. The molecule has 1 heterocycles. The number of nitrogens with one attached hydrogen (secondary N) is 1. The third kappa shape index (κ3) is 2.91. The van der Waals surface area contributed by atoms with Crippen molar-refractivity contribution in [3.8, 4) is 0 Å². The van der Waals surface area contributed by atoms with E-state index in [0.29, 0.717) is 24.2 Å². The minimum absolute atomic E-state index is 0.125. The number of ether oxygens (including phenoxy) is 1. The normalized spacial score (nSPS) is 35.6. The summed E-state index contributed by atoms with van der Waals surface area (Å²) in [5.74, 6) is 1.74. The van der Waals surface area contributed by atoms with Crippen molar-refractivity contribution < 1.29 is 9.53 Å². The third-order valence-corrected chi connectivity index (χ3v) is 5.35. The van der Waals surface area contributed by atoms with Crippen LogP contribution in [0.25, 0.3) is 0 Å². The monoisotopic (exact) mass is 301 g/mol. The maximum absolute atomic E-state index is 12.4. The van der Waals surface area contributed by atoms with Crippen molar-refractivity contribution in [2.75, 3.05) is 0 Å². The summed E-state index contributed by atoms with van der Waals surface area (Å²) < 4.78 is 6.58. The van der Waals surface area contributed by atoms with Crippen LogP contribution in [-0.4, -0.2) is 11.5 Å². The SMILES string of the molecule is CC(C)[C@H]1CC[C@H](C)C[C@]12CC(=O)N[C@@H](c1ccccc1)O2. The molecule has 1 saturated carbocycles. The van der Waals surface area contributed by atoms with E-state index in [9.17, 15) is 4.79 Å². The van der Waals surface area contributed by atoms with Crippen LogP contribution in [0.2, 0.25) is 0 Å². The van der Waals surface area contributed by atoms with Crippen molar-refractivity contribution in [3.63, 3.8) is 0 Å². The summed E-state index contributed by atoms with van der Waals surface area (Å²) in [6, 6.07) is 10.0. The van der Waals surface area contributed by atoms with E-state index >= 15 is 0 Å². The second-order valence-corrected chi connectivity index (χ2v) is 7.45. The molecule has 1 aromatic carbocycles. The quantitative estimate of drug-likeness (QED) is 0.895. The zero-order chi connectivity index (χ0) is 15.7. The van der Waals surface area contributed by atoms with Gasteiger partial charge in [0.1, 0.15) is 0 Å². The van der Waals surface area contributed by atoms with Gasteiger partial charge in [-0.05, 0) is 30.6 Å². The van der Waals surface area contributed by atoms with Crippen LogP contribution in [-0.2, 0) is 9.53 Å². The molecule has 3 nitrogen and oxygen atoms in total. The number of carbonyl (C=O) groups excluding carboxylic acids is 1. The highest BCUT2D eigenvalue weighted by molar-refractivity contribution is 5.78. The van der Waals surface area contributed by atoms with Crippen molar-refractivity contribution in [3.05, 3.63) is 35.9 Å². The first-order valence-electron chi connectivity index (χ1n) is 8.52. The lowest BCUT2D eigenvalue weighted by Gasteiger charge is -2.51. The first kappa shape index (κ1) is 15.5. The third-order valence-electron chi connectivity index (χ3n) is 5.35. The number of carbonyl (C=O) groups is 1. The molecule has 1 aliphatic carbocycles. The molecule has 4 atom stereocenters. The van der Waals surface area contributed by atoms with Crippen LogP contribution in [0.15, 0.2) is 30.3 Å². The maximum Gasteiger partial charge on any atom is 0.225 e. The van der Waals surface area contributed by atoms with Gasteiger partial charge in [0, 0.05) is 5.56 Å². The molecule has 3 heteroatoms. The van der Waals surface area contributed by atoms with Crippen LogP contribution >= 0.6 is 0 Å². The summed E-state index contributed by atoms with van der Waals surface area (Å²) in [5, 5.41) is 3.02. The fraction of sp³-hybridized carbons (Fsp3) is 0.632. The Morgan fingerprint density at radius 1 is 1.23 bits per heavy atom. The molecule has 1 saturated heterocycles. The number of rotatable bonds is 2. The van der Waals surface area contributed by atoms with Crippen LogP contribution in [0.1, 0.15) is 58.2 Å². The Hall–Kier alpha value is -1.35. The topological polar surface area (TPSA) is 38.3 Å². The van der Waals surface area contributed by atoms with Crippen LogP contribution in [0.3, 0.4) is 0 Å². The maximum atomic E-state index is 12.4. The predicted molar refractivity (Wildman–Crippen MR) is 87.1 cm³/mol. The molecule has 2 fully saturated rings. The minimum Gasteiger partial charge on any atom is -0.347 e. The average Bonchev–Trinajstić information content (AvgIpc) is 2.46. The second kappa shape index (κ2) is 6.04. The largest absolute Gasteiger partial charge is 0.347 e. The van der Waals surface area contributed by atoms with Gasteiger partial charge in [-0.15, -0.1) is 0 Å². The summed E-state index contributed by atoms with van der Waals surface area (Å²) >= 11 is 0. The highest BCUT2D eigenvalue weighted by Crippen LogP contribution is 2.48. The molecular formula is C19H27NO2. The molecule has 3 rings (SSSR count). The number of hydrogen-bond donors (Lipinski definition) is 1. The van der Waals surface area contributed by atoms with Gasteiger partial charge >= 0.3 is 0 Å². The highest BCUT2D eigenvalue weighted by atomic mass is 16.5. The molecular weight excluding hydrogens is 274 g/mol. The van der Waals surface area contributed by atoms with E-state index in [2.05, 4.69) is 26.1 Å². The standard InChI is InChI=1S/C19H27NO2/c1-13(2)16-10-9-14(3)11-19(16)12-17(21)20-18(22-19)15-7-5-4-6-8-15/h4-8,13-14,16,18H,9-12H2,1-3H3,(H,20,21)/t14-,16+,18+,19-/m0/s1. The lowest BCUT2D eigenvalue weighted by atomic mass is 9.65. The summed E-state index contributed by atoms with van der Waals surface area (Å²) in [6.07, 6.45) is 3.59. The van der Waals surface area contributed by atoms with E-state index in [1.54, 1.807) is 0 Å². The summed E-state index contributed by atoms with van der Waals surface area (Å²) in [5.41, 5.74) is 0.741. The Kier molecular flexibility index (Phi) is 4.26. The van der Waals surface area contributed by atoms with Gasteiger partial charge in [-0.2, -0.15) is 0 Å². The van der Waals surface area contributed by atoms with Crippen LogP contribution in [0, 0.1) is 17.8 Å². The van der Waals surface area contributed by atoms with E-state index in [-0.39, 0.29) is 17.7 Å². The highest BCUT2D eigenvalue weighted by Gasteiger charge is 2.50. The fourth-order valence-electron chi connectivity index (χ4n) is 4.40. The molecule has 1 aromatic rings. The molecule has 1 aliphatic heterocycles. The van der Waals surface area contributed by atoms with Crippen molar-refractivity contribution >= 4 is 5.91 Å². The van der Waals surface area contributed by atoms with E-state index in [1.165, 1.54) is 6.42 Å². The van der Waals surface area contributed by atoms with Crippen molar-refractivity contribution in [1.29, 1.82) is 0 Å². The first-order chi connectivity index (χ1) is 10.5. The van der Waals surface area contributed by atoms with Gasteiger partial charge in [-0.3, -0.25) is 4.79 Å². The lowest BCUT2D eigenvalue weighted by Crippen LogP contribution is -2.56. The van der Waals surface area contributed by atoms with Gasteiger partial charge in [-0.25, -0.2) is 0 Å². The van der Waals surface area contributed by atoms with E-state index < -0.39 is 0 Å². The van der Waals surface area contributed by atoms with Gasteiger partial charge in [0.25, 0.3) is 0 Å². The van der Waals surface area contributed by atoms with Crippen molar-refractivity contribution in [2.45, 2.75) is 58.3 Å². The second-order valence-electron chi connectivity index (χ2n) is 7.45. The number of hydrogen-bond acceptors (Lipinski definition) is 2. The van der Waals surface area contributed by atoms with E-state index in [0.717, 1.165) is 18.4 Å². The van der Waals surface area contributed by atoms with Gasteiger partial charge < -0.3 is 10.1 Å². The Morgan fingerprint density at radius 2 is 1.95 bits per heavy atom. The Labute approximate surface area is 133 Å². The molecule has 1 N–H and O–H groups in total. The van der Waals surface area contributed by atoms with E-state index in [4.69, 9.17) is 4.74 Å². The van der Waals surface area contributed by atoms with Crippen LogP contribution in [0.4, 0.5) is 0 Å². The zero-order valence-electron chi connectivity index (χ0n) is 13.8. The van der Waals surface area contributed by atoms with Gasteiger partial charge in [0.05, 0.1) is 12.0 Å². The molecule has 120 valence electrons. The number of amides is 1. The molecule has 22 heavy (non-hydrogen) atoms. The van der Waals surface area contributed by atoms with Gasteiger partial charge in [-0.1, -0.05) is 57.5 Å². The molecule has 1 spiro atoms. The summed E-state index contributed by atoms with van der Waals surface area (Å²) in [4.78, 5) is 12.4. The summed E-state index contributed by atoms with van der Waals surface area (Å²) in [6.45, 7) is 6.80. The first-order valence-corrected chi connectivity index (χ1v) is 8.52. The lowest BCUT2D eigenvalue weighted by molar-refractivity contribution is -0.202. The molecule has 0 bridgehead atoms. The molecule has 0 radical (unpaired) electrons. The molecule has 1 amide bonds. The molecule has 0 aromatic heterocycles. The van der Waals surface area contributed by atoms with Crippen molar-refractivity contribution in [1.82, 2.24) is 5.32 Å². The smallest absolute Gasteiger partial charge is 0.225 e. The average molecular weight is 301 g/mol. The Bertz CT molecular complexity index is 527. The Balaban J connectivity index is 1.91. The zero-order valence-corrected chi connectivity index (χ0v) is 13.8. The predicted octanol–water partition coefficient (Wildman–Crippen LogP) is 4.05. The Morgan fingerprint density at radius 3 is 2.64 bits per heavy atom. The van der Waals surface area contributed by atoms with Crippen molar-refractivity contribution in [2.24, 2.45) is 17.8 Å². The molecule has 2 aliphatic rings.